The van der Waals surface area contributed by atoms with E-state index in [4.69, 9.17) is 9.47 Å². The summed E-state index contributed by atoms with van der Waals surface area (Å²) in [6, 6.07) is 25.6. The average molecular weight is 497 g/mol. The molecule has 0 radical (unpaired) electrons. The van der Waals surface area contributed by atoms with Crippen molar-refractivity contribution in [2.24, 2.45) is 0 Å². The van der Waals surface area contributed by atoms with Gasteiger partial charge < -0.3 is 19.3 Å². The summed E-state index contributed by atoms with van der Waals surface area (Å²) in [6.45, 7) is 9.24. The number of benzene rings is 3. The van der Waals surface area contributed by atoms with Crippen molar-refractivity contribution in [3.8, 4) is 5.75 Å². The number of carbonyl (C=O) groups excluding carboxylic acids is 1. The Hall–Kier alpha value is -3.73. The fraction of sp³-hybridized carbons (Fsp3) is 0.344. The Balaban J connectivity index is 1.22. The largest absolute Gasteiger partial charge is 0.489 e. The molecular weight excluding hydrogens is 460 g/mol. The van der Waals surface area contributed by atoms with Crippen LogP contribution in [0.5, 0.6) is 5.75 Å². The molecule has 3 aromatic rings. The van der Waals surface area contributed by atoms with E-state index in [2.05, 4.69) is 65.6 Å². The molecular formula is C32H36N2O3. The number of amides is 1. The zero-order chi connectivity index (χ0) is 25.8. The Morgan fingerprint density at radius 1 is 0.892 bits per heavy atom. The number of ether oxygens (including phenoxy) is 2. The molecule has 2 aliphatic rings. The Kier molecular flexibility index (Phi) is 7.22. The Labute approximate surface area is 220 Å². The second-order valence-electron chi connectivity index (χ2n) is 10.8. The lowest BCUT2D eigenvalue weighted by Crippen LogP contribution is -2.50. The van der Waals surface area contributed by atoms with Crippen LogP contribution in [0.25, 0.3) is 5.57 Å². The summed E-state index contributed by atoms with van der Waals surface area (Å²) >= 11 is 0. The first-order valence-corrected chi connectivity index (χ1v) is 13.2. The van der Waals surface area contributed by atoms with Crippen LogP contribution in [0.4, 0.5) is 10.5 Å². The predicted molar refractivity (Wildman–Crippen MR) is 149 cm³/mol. The molecule has 1 heterocycles. The van der Waals surface area contributed by atoms with Crippen LogP contribution in [0.2, 0.25) is 0 Å². The van der Waals surface area contributed by atoms with Crippen LogP contribution < -0.4 is 9.64 Å². The molecule has 1 amide bonds. The smallest absolute Gasteiger partial charge is 0.410 e. The van der Waals surface area contributed by atoms with Gasteiger partial charge in [0, 0.05) is 31.9 Å². The Bertz CT molecular complexity index is 1250. The van der Waals surface area contributed by atoms with E-state index < -0.39 is 5.60 Å². The summed E-state index contributed by atoms with van der Waals surface area (Å²) in [5.41, 5.74) is 7.04. The van der Waals surface area contributed by atoms with Crippen LogP contribution in [0.1, 0.15) is 49.4 Å². The molecule has 37 heavy (non-hydrogen) atoms. The molecule has 3 aromatic carbocycles. The number of nitrogens with zero attached hydrogens (tertiary/aromatic N) is 2. The number of aryl methyl sites for hydroxylation is 1. The maximum atomic E-state index is 12.4. The molecule has 5 heteroatoms. The summed E-state index contributed by atoms with van der Waals surface area (Å²) in [5.74, 6) is 0.921. The molecule has 0 atom stereocenters. The molecule has 1 fully saturated rings. The summed E-state index contributed by atoms with van der Waals surface area (Å²) in [5, 5.41) is 0. The summed E-state index contributed by atoms with van der Waals surface area (Å²) in [4.78, 5) is 16.5. The quantitative estimate of drug-likeness (QED) is 0.394. The third-order valence-electron chi connectivity index (χ3n) is 6.85. The van der Waals surface area contributed by atoms with E-state index in [1.54, 1.807) is 4.90 Å². The minimum absolute atomic E-state index is 0.223. The maximum absolute atomic E-state index is 12.4. The number of hydrogen-bond donors (Lipinski definition) is 0. The first-order chi connectivity index (χ1) is 17.9. The van der Waals surface area contributed by atoms with Crippen molar-refractivity contribution in [3.63, 3.8) is 0 Å². The molecule has 0 spiro atoms. The molecule has 1 saturated heterocycles. The van der Waals surface area contributed by atoms with Crippen LogP contribution >= 0.6 is 0 Å². The van der Waals surface area contributed by atoms with Crippen LogP contribution in [-0.2, 0) is 17.8 Å². The minimum Gasteiger partial charge on any atom is -0.489 e. The van der Waals surface area contributed by atoms with Gasteiger partial charge >= 0.3 is 6.09 Å². The van der Waals surface area contributed by atoms with E-state index >= 15 is 0 Å². The van der Waals surface area contributed by atoms with Crippen molar-refractivity contribution < 1.29 is 14.3 Å². The normalized spacial score (nSPS) is 15.6. The molecule has 0 aromatic heterocycles. The Morgan fingerprint density at radius 2 is 1.62 bits per heavy atom. The maximum Gasteiger partial charge on any atom is 0.410 e. The minimum atomic E-state index is -0.465. The molecule has 192 valence electrons. The van der Waals surface area contributed by atoms with Gasteiger partial charge in [-0.15, -0.1) is 0 Å². The van der Waals surface area contributed by atoms with Gasteiger partial charge in [0.25, 0.3) is 0 Å². The molecule has 1 aliphatic carbocycles. The van der Waals surface area contributed by atoms with E-state index in [9.17, 15) is 4.79 Å². The van der Waals surface area contributed by atoms with E-state index in [1.165, 1.54) is 33.5 Å². The van der Waals surface area contributed by atoms with E-state index in [0.29, 0.717) is 19.7 Å². The summed E-state index contributed by atoms with van der Waals surface area (Å²) in [7, 11) is 0. The van der Waals surface area contributed by atoms with Crippen molar-refractivity contribution in [2.75, 3.05) is 31.1 Å². The van der Waals surface area contributed by atoms with Crippen LogP contribution in [-0.4, -0.2) is 42.8 Å². The second-order valence-corrected chi connectivity index (χ2v) is 10.8. The average Bonchev–Trinajstić information content (AvgIpc) is 2.91. The lowest BCUT2D eigenvalue weighted by atomic mass is 9.87. The predicted octanol–water partition coefficient (Wildman–Crippen LogP) is 6.70. The van der Waals surface area contributed by atoms with Gasteiger partial charge in [-0.1, -0.05) is 54.6 Å². The van der Waals surface area contributed by atoms with Crippen molar-refractivity contribution in [2.45, 2.75) is 45.8 Å². The highest BCUT2D eigenvalue weighted by molar-refractivity contribution is 5.83. The van der Waals surface area contributed by atoms with Gasteiger partial charge in [0.15, 0.2) is 0 Å². The first kappa shape index (κ1) is 24.9. The van der Waals surface area contributed by atoms with Crippen molar-refractivity contribution in [1.82, 2.24) is 4.90 Å². The number of fused-ring (bicyclic) bond motifs is 1. The van der Waals surface area contributed by atoms with Crippen molar-refractivity contribution >= 4 is 17.4 Å². The summed E-state index contributed by atoms with van der Waals surface area (Å²) < 4.78 is 11.6. The van der Waals surface area contributed by atoms with Crippen molar-refractivity contribution in [1.29, 1.82) is 0 Å². The summed E-state index contributed by atoms with van der Waals surface area (Å²) in [6.07, 6.45) is 4.18. The number of hydrogen-bond acceptors (Lipinski definition) is 4. The van der Waals surface area contributed by atoms with Gasteiger partial charge in [-0.25, -0.2) is 4.79 Å². The van der Waals surface area contributed by atoms with Gasteiger partial charge in [-0.05, 0) is 85.7 Å². The molecule has 0 bridgehead atoms. The highest BCUT2D eigenvalue weighted by Crippen LogP contribution is 2.35. The molecule has 0 N–H and O–H groups in total. The fourth-order valence-electron chi connectivity index (χ4n) is 4.95. The zero-order valence-electron chi connectivity index (χ0n) is 22.1. The van der Waals surface area contributed by atoms with Crippen LogP contribution in [0.3, 0.4) is 0 Å². The third-order valence-corrected chi connectivity index (χ3v) is 6.85. The lowest BCUT2D eigenvalue weighted by molar-refractivity contribution is 0.0240. The number of rotatable bonds is 5. The molecule has 0 unspecified atom stereocenters. The molecule has 1 aliphatic heterocycles. The number of piperazine rings is 1. The van der Waals surface area contributed by atoms with Gasteiger partial charge in [-0.3, -0.25) is 0 Å². The van der Waals surface area contributed by atoms with Crippen LogP contribution in [0, 0.1) is 0 Å². The van der Waals surface area contributed by atoms with Gasteiger partial charge in [0.2, 0.25) is 0 Å². The van der Waals surface area contributed by atoms with Gasteiger partial charge in [0.1, 0.15) is 18.0 Å². The monoisotopic (exact) mass is 496 g/mol. The first-order valence-electron chi connectivity index (χ1n) is 13.2. The zero-order valence-corrected chi connectivity index (χ0v) is 22.1. The highest BCUT2D eigenvalue weighted by Gasteiger charge is 2.26. The standard InChI is InChI=1S/C32H36N2O3/c1-32(2,3)37-31(35)34-20-18-33(19-21-34)27-14-12-25(13-15-27)29-11-7-10-26-22-28(16-17-30(26)29)36-23-24-8-5-4-6-9-24/h4-6,8-9,11-17,22H,7,10,18-21,23H2,1-3H3. The molecule has 0 saturated carbocycles. The number of allylic oxidation sites excluding steroid dienone is 1. The molecule has 5 rings (SSSR count). The van der Waals surface area contributed by atoms with Gasteiger partial charge in [-0.2, -0.15) is 0 Å². The fourth-order valence-corrected chi connectivity index (χ4v) is 4.95. The van der Waals surface area contributed by atoms with E-state index in [-0.39, 0.29) is 6.09 Å². The van der Waals surface area contributed by atoms with Crippen LogP contribution in [0.15, 0.2) is 78.9 Å². The topological polar surface area (TPSA) is 42.0 Å². The van der Waals surface area contributed by atoms with E-state index in [1.807, 2.05) is 39.0 Å². The third kappa shape index (κ3) is 6.16. The SMILES string of the molecule is CC(C)(C)OC(=O)N1CCN(c2ccc(C3=CCCc4cc(OCc5ccccc5)ccc43)cc2)CC1. The van der Waals surface area contributed by atoms with Gasteiger partial charge in [0.05, 0.1) is 0 Å². The number of carbonyl (C=O) groups is 1. The number of anilines is 1. The Morgan fingerprint density at radius 3 is 2.32 bits per heavy atom. The molecule has 5 nitrogen and oxygen atoms in total. The van der Waals surface area contributed by atoms with Crippen molar-refractivity contribution in [3.05, 3.63) is 101 Å². The highest BCUT2D eigenvalue weighted by atomic mass is 16.6. The van der Waals surface area contributed by atoms with E-state index in [0.717, 1.165) is 31.7 Å². The second kappa shape index (κ2) is 10.7. The lowest BCUT2D eigenvalue weighted by Gasteiger charge is -2.36.